The standard InChI is InChI=1S/C63H118N2O21/c1-4-6-8-10-12-14-16-18-20-21-23-25-27-29-31-33-35-37-50(73)65-44(45(70)36-34-32-30-28-26-24-22-19-17-15-13-11-9-7-5-2)42-81-60-55(77)54(76)57(49(41-68)83-60)84-61-56(78)59(53(75)48(40-67)82-61)86-63(62(79)80)38-46(71)51(64-43(3)69)58(85-63)52(74)47(72)39-66/h44-49,51-61,66-68,70-72,74-78H,4-42H2,1-3H3,(H,64,69)(H,65,73)(H,79,80). The highest BCUT2D eigenvalue weighted by molar-refractivity contribution is 5.77. The second-order valence-electron chi connectivity index (χ2n) is 24.7. The van der Waals surface area contributed by atoms with E-state index < -0.39 is 148 Å². The average Bonchev–Trinajstić information content (AvgIpc) is 1.19. The number of aliphatic carboxylic acids is 1. The molecule has 23 nitrogen and oxygen atoms in total. The maximum Gasteiger partial charge on any atom is 0.364 e. The van der Waals surface area contributed by atoms with Crippen LogP contribution in [0.2, 0.25) is 0 Å². The molecule has 0 aliphatic carbocycles. The van der Waals surface area contributed by atoms with E-state index in [-0.39, 0.29) is 18.9 Å². The van der Waals surface area contributed by atoms with Gasteiger partial charge in [-0.25, -0.2) is 4.79 Å². The number of hydrogen-bond donors (Lipinski definition) is 14. The summed E-state index contributed by atoms with van der Waals surface area (Å²) in [6, 6.07) is -2.52. The monoisotopic (exact) mass is 1240 g/mol. The summed E-state index contributed by atoms with van der Waals surface area (Å²) in [6.07, 6.45) is 9.64. The maximum absolute atomic E-state index is 13.4. The SMILES string of the molecule is CCCCCCCCCCCCCCCCCCCC(=O)NC(COC1OC(CO)C(OC2OC(CO)C(O)C(OC3(C(=O)O)CC(O)C(NC(C)=O)C(C(O)C(O)CO)O3)C2O)C(O)C1O)C(O)CCCCCCCCCCCCCCCCC. The van der Waals surface area contributed by atoms with Gasteiger partial charge in [-0.2, -0.15) is 0 Å². The second kappa shape index (κ2) is 45.1. The first-order valence-corrected chi connectivity index (χ1v) is 33.4. The van der Waals surface area contributed by atoms with Crippen molar-refractivity contribution in [3.05, 3.63) is 0 Å². The fourth-order valence-corrected chi connectivity index (χ4v) is 11.9. The van der Waals surface area contributed by atoms with Crippen LogP contribution in [0.4, 0.5) is 0 Å². The lowest BCUT2D eigenvalue weighted by molar-refractivity contribution is -0.386. The third-order valence-corrected chi connectivity index (χ3v) is 17.3. The van der Waals surface area contributed by atoms with Gasteiger partial charge >= 0.3 is 5.97 Å². The van der Waals surface area contributed by atoms with E-state index in [1.807, 2.05) is 0 Å². The molecule has 0 aromatic heterocycles. The van der Waals surface area contributed by atoms with Crippen LogP contribution in [0.5, 0.6) is 0 Å². The number of aliphatic hydroxyl groups excluding tert-OH is 11. The Morgan fingerprint density at radius 2 is 1.01 bits per heavy atom. The number of carboxylic acids is 1. The van der Waals surface area contributed by atoms with Crippen LogP contribution >= 0.6 is 0 Å². The Kier molecular flexibility index (Phi) is 40.9. The Morgan fingerprint density at radius 3 is 1.45 bits per heavy atom. The van der Waals surface area contributed by atoms with Gasteiger partial charge in [0.2, 0.25) is 11.8 Å². The van der Waals surface area contributed by atoms with Gasteiger partial charge in [0.05, 0.1) is 50.7 Å². The number of amides is 2. The summed E-state index contributed by atoms with van der Waals surface area (Å²) in [5, 5.41) is 136. The van der Waals surface area contributed by atoms with Crippen molar-refractivity contribution in [2.45, 2.75) is 355 Å². The van der Waals surface area contributed by atoms with E-state index in [0.717, 1.165) is 51.9 Å². The molecular formula is C63H118N2O21. The molecule has 86 heavy (non-hydrogen) atoms. The van der Waals surface area contributed by atoms with Crippen LogP contribution < -0.4 is 10.6 Å². The molecule has 0 spiro atoms. The minimum absolute atomic E-state index is 0.229. The molecule has 3 aliphatic rings. The molecular weight excluding hydrogens is 1120 g/mol. The van der Waals surface area contributed by atoms with Gasteiger partial charge in [-0.15, -0.1) is 0 Å². The van der Waals surface area contributed by atoms with Crippen molar-refractivity contribution in [3.63, 3.8) is 0 Å². The third kappa shape index (κ3) is 28.1. The van der Waals surface area contributed by atoms with Crippen molar-refractivity contribution in [3.8, 4) is 0 Å². The van der Waals surface area contributed by atoms with Crippen LogP contribution in [-0.2, 0) is 42.8 Å². The Labute approximate surface area is 512 Å². The summed E-state index contributed by atoms with van der Waals surface area (Å²) >= 11 is 0. The van der Waals surface area contributed by atoms with Crippen molar-refractivity contribution in [1.82, 2.24) is 10.6 Å². The summed E-state index contributed by atoms with van der Waals surface area (Å²) in [5.41, 5.74) is 0. The van der Waals surface area contributed by atoms with Crippen molar-refractivity contribution >= 4 is 17.8 Å². The molecule has 23 heteroatoms. The molecule has 3 fully saturated rings. The molecule has 3 heterocycles. The predicted molar refractivity (Wildman–Crippen MR) is 320 cm³/mol. The van der Waals surface area contributed by atoms with Gasteiger partial charge in [-0.3, -0.25) is 9.59 Å². The van der Waals surface area contributed by atoms with Crippen molar-refractivity contribution in [2.75, 3.05) is 26.4 Å². The maximum atomic E-state index is 13.4. The average molecular weight is 1240 g/mol. The van der Waals surface area contributed by atoms with Crippen LogP contribution in [0.1, 0.15) is 245 Å². The molecule has 14 N–H and O–H groups in total. The number of ether oxygens (including phenoxy) is 6. The lowest BCUT2D eigenvalue weighted by atomic mass is 9.88. The quantitative estimate of drug-likeness (QED) is 0.0358. The van der Waals surface area contributed by atoms with E-state index in [1.54, 1.807) is 0 Å². The fraction of sp³-hybridized carbons (Fsp3) is 0.952. The molecule has 3 rings (SSSR count). The first-order chi connectivity index (χ1) is 41.4. The summed E-state index contributed by atoms with van der Waals surface area (Å²) in [7, 11) is 0. The van der Waals surface area contributed by atoms with Gasteiger partial charge in [0.25, 0.3) is 5.79 Å². The van der Waals surface area contributed by atoms with Gasteiger partial charge in [0, 0.05) is 19.8 Å². The summed E-state index contributed by atoms with van der Waals surface area (Å²) in [4.78, 5) is 38.5. The normalized spacial score (nSPS) is 29.3. The van der Waals surface area contributed by atoms with E-state index in [2.05, 4.69) is 24.5 Å². The number of hydrogen-bond acceptors (Lipinski definition) is 20. The number of carbonyl (C=O) groups is 3. The Morgan fingerprint density at radius 1 is 0.558 bits per heavy atom. The van der Waals surface area contributed by atoms with Gasteiger partial charge in [0.1, 0.15) is 67.1 Å². The van der Waals surface area contributed by atoms with E-state index in [4.69, 9.17) is 28.4 Å². The van der Waals surface area contributed by atoms with Gasteiger partial charge < -0.3 is 100 Å². The van der Waals surface area contributed by atoms with Crippen molar-refractivity contribution in [1.29, 1.82) is 0 Å². The minimum atomic E-state index is -3.08. The van der Waals surface area contributed by atoms with Gasteiger partial charge in [0.15, 0.2) is 12.6 Å². The van der Waals surface area contributed by atoms with E-state index in [1.165, 1.54) is 148 Å². The van der Waals surface area contributed by atoms with Crippen molar-refractivity contribution in [2.24, 2.45) is 0 Å². The fourth-order valence-electron chi connectivity index (χ4n) is 11.9. The smallest absolute Gasteiger partial charge is 0.364 e. The summed E-state index contributed by atoms with van der Waals surface area (Å²) in [5.74, 6) is -6.09. The zero-order chi connectivity index (χ0) is 63.3. The molecule has 3 saturated heterocycles. The summed E-state index contributed by atoms with van der Waals surface area (Å²) in [6.45, 7) is 2.21. The highest BCUT2D eigenvalue weighted by Gasteiger charge is 2.60. The van der Waals surface area contributed by atoms with Crippen LogP contribution in [0.3, 0.4) is 0 Å². The number of aliphatic hydroxyl groups is 11. The highest BCUT2D eigenvalue weighted by atomic mass is 16.8. The molecule has 0 saturated carbocycles. The molecule has 0 aromatic carbocycles. The third-order valence-electron chi connectivity index (χ3n) is 17.3. The molecule has 506 valence electrons. The largest absolute Gasteiger partial charge is 0.477 e. The van der Waals surface area contributed by atoms with Crippen LogP contribution in [0.25, 0.3) is 0 Å². The van der Waals surface area contributed by atoms with Gasteiger partial charge in [-0.1, -0.05) is 213 Å². The lowest BCUT2D eigenvalue weighted by Crippen LogP contribution is -2.70. The number of nitrogens with one attached hydrogen (secondary N) is 2. The summed E-state index contributed by atoms with van der Waals surface area (Å²) < 4.78 is 34.8. The number of carbonyl (C=O) groups excluding carboxylic acids is 2. The van der Waals surface area contributed by atoms with E-state index >= 15 is 0 Å². The lowest BCUT2D eigenvalue weighted by Gasteiger charge is -2.50. The first kappa shape index (κ1) is 78.0. The Balaban J connectivity index is 1.62. The molecule has 0 bridgehead atoms. The van der Waals surface area contributed by atoms with Crippen LogP contribution in [0, 0.1) is 0 Å². The molecule has 18 unspecified atom stereocenters. The molecule has 3 aliphatic heterocycles. The molecule has 18 atom stereocenters. The van der Waals surface area contributed by atoms with Crippen LogP contribution in [-0.4, -0.2) is 215 Å². The molecule has 0 radical (unpaired) electrons. The molecule has 2 amide bonds. The predicted octanol–water partition coefficient (Wildman–Crippen LogP) is 4.95. The number of carboxylic acid groups (broad SMARTS) is 1. The number of unbranched alkanes of at least 4 members (excludes halogenated alkanes) is 30. The zero-order valence-electron chi connectivity index (χ0n) is 52.4. The second-order valence-corrected chi connectivity index (χ2v) is 24.7. The highest BCUT2D eigenvalue weighted by Crippen LogP contribution is 2.39. The minimum Gasteiger partial charge on any atom is -0.477 e. The van der Waals surface area contributed by atoms with E-state index in [9.17, 15) is 75.7 Å². The van der Waals surface area contributed by atoms with Crippen LogP contribution in [0.15, 0.2) is 0 Å². The first-order valence-electron chi connectivity index (χ1n) is 33.4. The van der Waals surface area contributed by atoms with E-state index in [0.29, 0.717) is 19.3 Å². The molecule has 0 aromatic rings. The zero-order valence-corrected chi connectivity index (χ0v) is 52.4. The van der Waals surface area contributed by atoms with Crippen molar-refractivity contribution < 1.29 is 104 Å². The van der Waals surface area contributed by atoms with Gasteiger partial charge in [-0.05, 0) is 12.8 Å². The number of rotatable bonds is 50. The Hall–Kier alpha value is -2.27. The topological polar surface area (TPSA) is 373 Å². The Bertz CT molecular complexity index is 1760.